The van der Waals surface area contributed by atoms with Gasteiger partial charge in [0.05, 0.1) is 18.4 Å². The molecule has 0 fully saturated rings. The molecule has 0 amide bonds. The summed E-state index contributed by atoms with van der Waals surface area (Å²) in [5, 5.41) is 10.8. The first kappa shape index (κ1) is 24.7. The van der Waals surface area contributed by atoms with E-state index in [0.717, 1.165) is 12.8 Å². The van der Waals surface area contributed by atoms with Gasteiger partial charge < -0.3 is 14.6 Å². The molecule has 1 aliphatic heterocycles. The van der Waals surface area contributed by atoms with Gasteiger partial charge in [-0.15, -0.1) is 0 Å². The van der Waals surface area contributed by atoms with E-state index in [2.05, 4.69) is 4.72 Å². The second kappa shape index (κ2) is 9.74. The molecule has 0 radical (unpaired) electrons. The van der Waals surface area contributed by atoms with Gasteiger partial charge in [-0.25, -0.2) is 13.1 Å². The van der Waals surface area contributed by atoms with Crippen molar-refractivity contribution in [3.05, 3.63) is 23.8 Å². The molecule has 0 bridgehead atoms. The standard InChI is InChI=1S/C20H30F3NO5S/c1-4-5-6-12-30(26,27)24-17-15-13-14(28-11-7-10-20(21,22)23)8-9-16(15)29-19(2,3)18(17)25/h8-9,13,17-18,24-25H,4-7,10-12H2,1-3H3. The highest BCUT2D eigenvalue weighted by atomic mass is 32.2. The summed E-state index contributed by atoms with van der Waals surface area (Å²) in [5.74, 6) is 0.602. The van der Waals surface area contributed by atoms with Crippen LogP contribution in [0.2, 0.25) is 0 Å². The molecule has 1 aliphatic rings. The molecule has 172 valence electrons. The van der Waals surface area contributed by atoms with Crippen molar-refractivity contribution < 1.29 is 36.2 Å². The third-order valence-corrected chi connectivity index (χ3v) is 6.35. The van der Waals surface area contributed by atoms with E-state index in [9.17, 15) is 26.7 Å². The number of nitrogens with one attached hydrogen (secondary N) is 1. The monoisotopic (exact) mass is 453 g/mol. The number of benzene rings is 1. The molecule has 0 spiro atoms. The van der Waals surface area contributed by atoms with Crippen LogP contribution in [-0.2, 0) is 10.0 Å². The Labute approximate surface area is 175 Å². The van der Waals surface area contributed by atoms with Crippen molar-refractivity contribution in [2.24, 2.45) is 0 Å². The van der Waals surface area contributed by atoms with Crippen molar-refractivity contribution in [1.82, 2.24) is 4.72 Å². The lowest BCUT2D eigenvalue weighted by Gasteiger charge is -2.42. The average Bonchev–Trinajstić information content (AvgIpc) is 2.62. The van der Waals surface area contributed by atoms with E-state index in [-0.39, 0.29) is 24.5 Å². The van der Waals surface area contributed by atoms with Gasteiger partial charge in [0, 0.05) is 12.0 Å². The van der Waals surface area contributed by atoms with Crippen molar-refractivity contribution in [1.29, 1.82) is 0 Å². The molecular weight excluding hydrogens is 423 g/mol. The van der Waals surface area contributed by atoms with Gasteiger partial charge in [0.15, 0.2) is 0 Å². The van der Waals surface area contributed by atoms with Gasteiger partial charge >= 0.3 is 6.18 Å². The van der Waals surface area contributed by atoms with Crippen LogP contribution in [0.4, 0.5) is 13.2 Å². The van der Waals surface area contributed by atoms with Gasteiger partial charge in [0.1, 0.15) is 23.2 Å². The van der Waals surface area contributed by atoms with E-state index in [4.69, 9.17) is 9.47 Å². The molecular formula is C20H30F3NO5S. The maximum absolute atomic E-state index is 12.5. The summed E-state index contributed by atoms with van der Waals surface area (Å²) < 4.78 is 75.7. The van der Waals surface area contributed by atoms with Crippen LogP contribution >= 0.6 is 0 Å². The van der Waals surface area contributed by atoms with E-state index in [1.165, 1.54) is 6.07 Å². The Kier molecular flexibility index (Phi) is 8.03. The molecule has 0 saturated carbocycles. The van der Waals surface area contributed by atoms with Crippen LogP contribution in [-0.4, -0.2) is 43.8 Å². The van der Waals surface area contributed by atoms with Crippen molar-refractivity contribution in [3.8, 4) is 11.5 Å². The van der Waals surface area contributed by atoms with E-state index in [0.29, 0.717) is 17.7 Å². The smallest absolute Gasteiger partial charge is 0.389 e. The molecule has 0 aromatic heterocycles. The molecule has 2 atom stereocenters. The van der Waals surface area contributed by atoms with Gasteiger partial charge in [0.25, 0.3) is 0 Å². The highest BCUT2D eigenvalue weighted by Crippen LogP contribution is 2.41. The predicted molar refractivity (Wildman–Crippen MR) is 107 cm³/mol. The molecule has 1 aromatic carbocycles. The lowest BCUT2D eigenvalue weighted by Crippen LogP contribution is -2.53. The lowest BCUT2D eigenvalue weighted by atomic mass is 9.87. The Balaban J connectivity index is 2.19. The van der Waals surface area contributed by atoms with Gasteiger partial charge in [-0.2, -0.15) is 13.2 Å². The van der Waals surface area contributed by atoms with Crippen molar-refractivity contribution in [2.45, 2.75) is 76.8 Å². The minimum Gasteiger partial charge on any atom is -0.494 e. The van der Waals surface area contributed by atoms with Crippen LogP contribution in [0.25, 0.3) is 0 Å². The normalized spacial score (nSPS) is 21.0. The minimum atomic E-state index is -4.25. The number of aliphatic hydroxyl groups is 1. The van der Waals surface area contributed by atoms with Crippen molar-refractivity contribution in [3.63, 3.8) is 0 Å². The largest absolute Gasteiger partial charge is 0.494 e. The first-order valence-electron chi connectivity index (χ1n) is 10.1. The molecule has 10 heteroatoms. The summed E-state index contributed by atoms with van der Waals surface area (Å²) in [6, 6.07) is 3.66. The Hall–Kier alpha value is -1.52. The van der Waals surface area contributed by atoms with Crippen LogP contribution < -0.4 is 14.2 Å². The summed E-state index contributed by atoms with van der Waals surface area (Å²) >= 11 is 0. The molecule has 1 heterocycles. The summed E-state index contributed by atoms with van der Waals surface area (Å²) in [7, 11) is -3.66. The number of fused-ring (bicyclic) bond motifs is 1. The molecule has 1 aromatic rings. The third kappa shape index (κ3) is 7.02. The van der Waals surface area contributed by atoms with Gasteiger partial charge in [-0.1, -0.05) is 19.8 Å². The summed E-state index contributed by atoms with van der Waals surface area (Å²) in [5.41, 5.74) is -0.659. The zero-order chi connectivity index (χ0) is 22.6. The van der Waals surface area contributed by atoms with E-state index in [1.54, 1.807) is 26.0 Å². The van der Waals surface area contributed by atoms with Crippen LogP contribution in [0.3, 0.4) is 0 Å². The Morgan fingerprint density at radius 2 is 1.93 bits per heavy atom. The van der Waals surface area contributed by atoms with E-state index in [1.807, 2.05) is 6.92 Å². The lowest BCUT2D eigenvalue weighted by molar-refractivity contribution is -0.136. The second-order valence-electron chi connectivity index (χ2n) is 8.04. The first-order chi connectivity index (χ1) is 13.8. The zero-order valence-electron chi connectivity index (χ0n) is 17.5. The minimum absolute atomic E-state index is 0.0612. The molecule has 2 rings (SSSR count). The maximum atomic E-state index is 12.5. The number of hydrogen-bond donors (Lipinski definition) is 2. The van der Waals surface area contributed by atoms with Gasteiger partial charge in [-0.3, -0.25) is 0 Å². The van der Waals surface area contributed by atoms with Crippen molar-refractivity contribution >= 4 is 10.0 Å². The number of alkyl halides is 3. The zero-order valence-corrected chi connectivity index (χ0v) is 18.3. The number of ether oxygens (including phenoxy) is 2. The molecule has 30 heavy (non-hydrogen) atoms. The molecule has 6 nitrogen and oxygen atoms in total. The first-order valence-corrected chi connectivity index (χ1v) is 11.7. The molecule has 0 aliphatic carbocycles. The quantitative estimate of drug-likeness (QED) is 0.522. The van der Waals surface area contributed by atoms with Gasteiger partial charge in [-0.05, 0) is 44.9 Å². The summed E-state index contributed by atoms with van der Waals surface area (Å²) in [6.45, 7) is 5.14. The average molecular weight is 454 g/mol. The third-order valence-electron chi connectivity index (χ3n) is 4.91. The highest BCUT2D eigenvalue weighted by Gasteiger charge is 2.44. The maximum Gasteiger partial charge on any atom is 0.389 e. The fourth-order valence-electron chi connectivity index (χ4n) is 3.25. The van der Waals surface area contributed by atoms with Gasteiger partial charge in [0.2, 0.25) is 10.0 Å². The van der Waals surface area contributed by atoms with Crippen LogP contribution in [0.1, 0.15) is 64.5 Å². The van der Waals surface area contributed by atoms with Crippen LogP contribution in [0.15, 0.2) is 18.2 Å². The highest BCUT2D eigenvalue weighted by molar-refractivity contribution is 7.89. The number of rotatable bonds is 10. The molecule has 2 unspecified atom stereocenters. The number of aliphatic hydroxyl groups excluding tert-OH is 1. The fraction of sp³-hybridized carbons (Fsp3) is 0.700. The summed E-state index contributed by atoms with van der Waals surface area (Å²) in [6.07, 6.45) is -4.41. The molecule has 2 N–H and O–H groups in total. The second-order valence-corrected chi connectivity index (χ2v) is 9.91. The number of halogens is 3. The van der Waals surface area contributed by atoms with Crippen molar-refractivity contribution in [2.75, 3.05) is 12.4 Å². The van der Waals surface area contributed by atoms with E-state index >= 15 is 0 Å². The van der Waals surface area contributed by atoms with Crippen LogP contribution in [0, 0.1) is 0 Å². The Morgan fingerprint density at radius 3 is 2.57 bits per heavy atom. The number of sulfonamides is 1. The van der Waals surface area contributed by atoms with Crippen LogP contribution in [0.5, 0.6) is 11.5 Å². The predicted octanol–water partition coefficient (Wildman–Crippen LogP) is 4.09. The fourth-order valence-corrected chi connectivity index (χ4v) is 4.60. The van der Waals surface area contributed by atoms with E-state index < -0.39 is 40.4 Å². The SMILES string of the molecule is CCCCCS(=O)(=O)NC1c2cc(OCCCC(F)(F)F)ccc2OC(C)(C)C1O. The topological polar surface area (TPSA) is 84.9 Å². The summed E-state index contributed by atoms with van der Waals surface area (Å²) in [4.78, 5) is 0. The Bertz CT molecular complexity index is 811. The number of hydrogen-bond acceptors (Lipinski definition) is 5. The number of unbranched alkanes of at least 4 members (excludes halogenated alkanes) is 2. The molecule has 0 saturated heterocycles. The Morgan fingerprint density at radius 1 is 1.23 bits per heavy atom.